The first-order valence-corrected chi connectivity index (χ1v) is 10.4. The molecular formula is C21H25N3O4S. The van der Waals surface area contributed by atoms with Gasteiger partial charge < -0.3 is 19.7 Å². The molecule has 29 heavy (non-hydrogen) atoms. The lowest BCUT2D eigenvalue weighted by atomic mass is 10.2. The first-order valence-electron chi connectivity index (χ1n) is 9.48. The van der Waals surface area contributed by atoms with Crippen LogP contribution < -0.4 is 10.2 Å². The van der Waals surface area contributed by atoms with Crippen LogP contribution in [0.1, 0.15) is 22.8 Å². The Morgan fingerprint density at radius 3 is 2.79 bits per heavy atom. The van der Waals surface area contributed by atoms with Gasteiger partial charge in [-0.1, -0.05) is 12.1 Å². The molecule has 0 saturated carbocycles. The number of ether oxygens (including phenoxy) is 2. The van der Waals surface area contributed by atoms with Crippen LogP contribution in [0.4, 0.5) is 5.82 Å². The van der Waals surface area contributed by atoms with Gasteiger partial charge in [0.25, 0.3) is 5.91 Å². The van der Waals surface area contributed by atoms with E-state index in [1.807, 2.05) is 30.3 Å². The van der Waals surface area contributed by atoms with Crippen LogP contribution >= 0.6 is 11.8 Å². The summed E-state index contributed by atoms with van der Waals surface area (Å²) in [7, 11) is 1.36. The third kappa shape index (κ3) is 5.71. The lowest BCUT2D eigenvalue weighted by molar-refractivity contribution is -0.139. The van der Waals surface area contributed by atoms with Gasteiger partial charge in [-0.2, -0.15) is 0 Å². The molecule has 0 bridgehead atoms. The quantitative estimate of drug-likeness (QED) is 0.550. The SMILES string of the molecule is COC(=O)C(C)Sc1ccccc1C(=O)NCc1ccnc(N2CCOCC2)c1. The monoisotopic (exact) mass is 415 g/mol. The van der Waals surface area contributed by atoms with Crippen LogP contribution in [-0.2, 0) is 20.8 Å². The summed E-state index contributed by atoms with van der Waals surface area (Å²) in [5.74, 6) is 0.385. The first kappa shape index (κ1) is 21.1. The fraction of sp³-hybridized carbons (Fsp3) is 0.381. The van der Waals surface area contributed by atoms with Gasteiger partial charge in [-0.15, -0.1) is 11.8 Å². The molecule has 1 atom stereocenters. The van der Waals surface area contributed by atoms with Crippen molar-refractivity contribution in [3.63, 3.8) is 0 Å². The molecule has 0 spiro atoms. The normalized spacial score (nSPS) is 14.9. The van der Waals surface area contributed by atoms with E-state index in [2.05, 4.69) is 15.2 Å². The Labute approximate surface area is 174 Å². The van der Waals surface area contributed by atoms with Gasteiger partial charge in [-0.05, 0) is 36.8 Å². The Morgan fingerprint density at radius 1 is 1.28 bits per heavy atom. The molecule has 0 radical (unpaired) electrons. The third-order valence-electron chi connectivity index (χ3n) is 4.57. The zero-order chi connectivity index (χ0) is 20.6. The number of esters is 1. The number of carbonyl (C=O) groups excluding carboxylic acids is 2. The van der Waals surface area contributed by atoms with E-state index in [4.69, 9.17) is 9.47 Å². The predicted octanol–water partition coefficient (Wildman–Crippen LogP) is 2.50. The number of nitrogens with zero attached hydrogens (tertiary/aromatic N) is 2. The number of thioether (sulfide) groups is 1. The molecule has 1 fully saturated rings. The van der Waals surface area contributed by atoms with Gasteiger partial charge in [0.05, 0.1) is 25.9 Å². The molecule has 1 saturated heterocycles. The molecule has 2 heterocycles. The van der Waals surface area contributed by atoms with E-state index in [1.54, 1.807) is 19.2 Å². The second-order valence-electron chi connectivity index (χ2n) is 6.58. The zero-order valence-electron chi connectivity index (χ0n) is 16.6. The van der Waals surface area contributed by atoms with Crippen LogP contribution in [0.15, 0.2) is 47.5 Å². The molecule has 2 aromatic rings. The topological polar surface area (TPSA) is 80.8 Å². The average molecular weight is 416 g/mol. The number of aromatic nitrogens is 1. The van der Waals surface area contributed by atoms with E-state index in [9.17, 15) is 9.59 Å². The lowest BCUT2D eigenvalue weighted by Gasteiger charge is -2.28. The Kier molecular flexibility index (Phi) is 7.48. The Bertz CT molecular complexity index is 855. The molecule has 1 amide bonds. The van der Waals surface area contributed by atoms with Gasteiger partial charge in [-0.25, -0.2) is 4.98 Å². The van der Waals surface area contributed by atoms with Crippen molar-refractivity contribution < 1.29 is 19.1 Å². The minimum atomic E-state index is -0.398. The molecule has 1 aromatic heterocycles. The molecule has 0 aliphatic carbocycles. The molecule has 154 valence electrons. The number of anilines is 1. The van der Waals surface area contributed by atoms with Crippen LogP contribution in [0, 0.1) is 0 Å². The maximum Gasteiger partial charge on any atom is 0.318 e. The molecule has 1 N–H and O–H groups in total. The average Bonchev–Trinajstić information content (AvgIpc) is 2.78. The van der Waals surface area contributed by atoms with Gasteiger partial charge in [0.1, 0.15) is 11.1 Å². The van der Waals surface area contributed by atoms with Gasteiger partial charge >= 0.3 is 5.97 Å². The highest BCUT2D eigenvalue weighted by Crippen LogP contribution is 2.27. The number of nitrogens with one attached hydrogen (secondary N) is 1. The summed E-state index contributed by atoms with van der Waals surface area (Å²) in [6.45, 7) is 5.17. The minimum absolute atomic E-state index is 0.185. The van der Waals surface area contributed by atoms with Crippen molar-refractivity contribution >= 4 is 29.5 Å². The zero-order valence-corrected chi connectivity index (χ0v) is 17.4. The second kappa shape index (κ2) is 10.3. The van der Waals surface area contributed by atoms with Crippen molar-refractivity contribution in [3.8, 4) is 0 Å². The Morgan fingerprint density at radius 2 is 2.03 bits per heavy atom. The van der Waals surface area contributed by atoms with Crippen molar-refractivity contribution in [1.29, 1.82) is 0 Å². The number of benzene rings is 1. The maximum absolute atomic E-state index is 12.8. The van der Waals surface area contributed by atoms with Crippen molar-refractivity contribution in [2.24, 2.45) is 0 Å². The standard InChI is InChI=1S/C21H25N3O4S/c1-15(21(26)27-2)29-18-6-4-3-5-17(18)20(25)23-14-16-7-8-22-19(13-16)24-9-11-28-12-10-24/h3-8,13,15H,9-12,14H2,1-2H3,(H,23,25). The summed E-state index contributed by atoms with van der Waals surface area (Å²) in [4.78, 5) is 31.8. The number of hydrogen-bond donors (Lipinski definition) is 1. The van der Waals surface area contributed by atoms with E-state index < -0.39 is 5.25 Å². The van der Waals surface area contributed by atoms with Crippen molar-refractivity contribution in [2.75, 3.05) is 38.3 Å². The predicted molar refractivity (Wildman–Crippen MR) is 112 cm³/mol. The van der Waals surface area contributed by atoms with E-state index >= 15 is 0 Å². The summed E-state index contributed by atoms with van der Waals surface area (Å²) in [6, 6.07) is 11.1. The smallest absolute Gasteiger partial charge is 0.318 e. The highest BCUT2D eigenvalue weighted by molar-refractivity contribution is 8.00. The van der Waals surface area contributed by atoms with E-state index in [0.717, 1.165) is 29.4 Å². The van der Waals surface area contributed by atoms with Gasteiger partial charge in [0.15, 0.2) is 0 Å². The second-order valence-corrected chi connectivity index (χ2v) is 7.97. The number of methoxy groups -OCH3 is 1. The lowest BCUT2D eigenvalue weighted by Crippen LogP contribution is -2.36. The summed E-state index contributed by atoms with van der Waals surface area (Å²) in [5, 5.41) is 2.56. The molecule has 1 aliphatic heterocycles. The molecular weight excluding hydrogens is 390 g/mol. The number of pyridine rings is 1. The summed E-state index contributed by atoms with van der Waals surface area (Å²) >= 11 is 1.31. The highest BCUT2D eigenvalue weighted by Gasteiger charge is 2.19. The van der Waals surface area contributed by atoms with Crippen LogP contribution in [0.3, 0.4) is 0 Å². The number of carbonyl (C=O) groups is 2. The molecule has 1 unspecified atom stereocenters. The minimum Gasteiger partial charge on any atom is -0.468 e. The van der Waals surface area contributed by atoms with Crippen LogP contribution in [0.2, 0.25) is 0 Å². The molecule has 3 rings (SSSR count). The van der Waals surface area contributed by atoms with Crippen molar-refractivity contribution in [1.82, 2.24) is 10.3 Å². The van der Waals surface area contributed by atoms with Gasteiger partial charge in [0.2, 0.25) is 0 Å². The third-order valence-corrected chi connectivity index (χ3v) is 5.72. The molecule has 7 nitrogen and oxygen atoms in total. The highest BCUT2D eigenvalue weighted by atomic mass is 32.2. The van der Waals surface area contributed by atoms with Crippen LogP contribution in [0.5, 0.6) is 0 Å². The molecule has 8 heteroatoms. The maximum atomic E-state index is 12.8. The Balaban J connectivity index is 1.65. The number of hydrogen-bond acceptors (Lipinski definition) is 7. The number of amides is 1. The summed E-state index contributed by atoms with van der Waals surface area (Å²) < 4.78 is 10.2. The largest absolute Gasteiger partial charge is 0.468 e. The number of morpholine rings is 1. The fourth-order valence-electron chi connectivity index (χ4n) is 2.98. The van der Waals surface area contributed by atoms with E-state index in [1.165, 1.54) is 18.9 Å². The van der Waals surface area contributed by atoms with Crippen LogP contribution in [0.25, 0.3) is 0 Å². The van der Waals surface area contributed by atoms with Gasteiger partial charge in [-0.3, -0.25) is 9.59 Å². The summed E-state index contributed by atoms with van der Waals surface area (Å²) in [5.41, 5.74) is 1.51. The Hall–Kier alpha value is -2.58. The van der Waals surface area contributed by atoms with E-state index in [-0.39, 0.29) is 11.9 Å². The van der Waals surface area contributed by atoms with Crippen molar-refractivity contribution in [2.45, 2.75) is 23.6 Å². The van der Waals surface area contributed by atoms with Gasteiger partial charge in [0, 0.05) is 30.7 Å². The van der Waals surface area contributed by atoms with E-state index in [0.29, 0.717) is 25.3 Å². The molecule has 1 aliphatic rings. The molecule has 1 aromatic carbocycles. The van der Waals surface area contributed by atoms with Crippen LogP contribution in [-0.4, -0.2) is 55.5 Å². The fourth-order valence-corrected chi connectivity index (χ4v) is 3.99. The number of rotatable bonds is 7. The summed E-state index contributed by atoms with van der Waals surface area (Å²) in [6.07, 6.45) is 1.76. The first-order chi connectivity index (χ1) is 14.1. The van der Waals surface area contributed by atoms with Crippen molar-refractivity contribution in [3.05, 3.63) is 53.7 Å².